The van der Waals surface area contributed by atoms with Gasteiger partial charge in [0, 0.05) is 34.7 Å². The first kappa shape index (κ1) is 26.4. The van der Waals surface area contributed by atoms with Crippen LogP contribution in [0.25, 0.3) is 0 Å². The number of carbonyl (C=O) groups excluding carboxylic acids is 1. The van der Waals surface area contributed by atoms with Crippen LogP contribution in [0.15, 0.2) is 36.4 Å². The standard InChI is InChI=1S/C23H32ClFN2O.C2H6/c1-3-4-11-21(27-16(2)14-22(26)28)18-12-13-20(24)19(23(18)25)15-17-9-7-5-6-8-10-17;1-2/h5-7,9,12-13,16-17,21,27H,3-4,8,10-11,14-15H2,1-2H3,(H2,26,28);1-2H3/t16?,17?,21-;/m1./s1. The summed E-state index contributed by atoms with van der Waals surface area (Å²) < 4.78 is 15.5. The lowest BCUT2D eigenvalue weighted by Crippen LogP contribution is -2.34. The summed E-state index contributed by atoms with van der Waals surface area (Å²) in [6.07, 6.45) is 13.9. The monoisotopic (exact) mass is 436 g/mol. The van der Waals surface area contributed by atoms with E-state index in [1.54, 1.807) is 12.1 Å². The molecule has 1 amide bonds. The van der Waals surface area contributed by atoms with Gasteiger partial charge in [-0.05, 0) is 44.6 Å². The van der Waals surface area contributed by atoms with Crippen LogP contribution in [0.1, 0.15) is 83.4 Å². The normalized spacial score (nSPS) is 17.6. The molecular formula is C25H38ClFN2O. The first-order valence-corrected chi connectivity index (χ1v) is 11.6. The number of nitrogens with two attached hydrogens (primary N) is 1. The minimum absolute atomic E-state index is 0.117. The van der Waals surface area contributed by atoms with Crippen LogP contribution < -0.4 is 11.1 Å². The molecule has 0 aromatic heterocycles. The van der Waals surface area contributed by atoms with Gasteiger partial charge < -0.3 is 11.1 Å². The number of carbonyl (C=O) groups is 1. The van der Waals surface area contributed by atoms with Crippen molar-refractivity contribution in [3.8, 4) is 0 Å². The van der Waals surface area contributed by atoms with Crippen molar-refractivity contribution in [2.24, 2.45) is 11.7 Å². The molecule has 5 heteroatoms. The molecule has 3 N–H and O–H groups in total. The van der Waals surface area contributed by atoms with Gasteiger partial charge in [-0.2, -0.15) is 0 Å². The Morgan fingerprint density at radius 3 is 2.73 bits per heavy atom. The van der Waals surface area contributed by atoms with Gasteiger partial charge in [-0.3, -0.25) is 4.79 Å². The maximum atomic E-state index is 15.5. The zero-order chi connectivity index (χ0) is 22.5. The first-order valence-electron chi connectivity index (χ1n) is 11.3. The number of amides is 1. The molecule has 0 fully saturated rings. The first-order chi connectivity index (χ1) is 14.4. The SMILES string of the molecule is CC.CCCC[C@@H](NC(C)CC(N)=O)c1ccc(Cl)c(CC2C=CC=CCC2)c1F. The Morgan fingerprint density at radius 1 is 1.33 bits per heavy atom. The lowest BCUT2D eigenvalue weighted by Gasteiger charge is -2.25. The fourth-order valence-electron chi connectivity index (χ4n) is 3.75. The van der Waals surface area contributed by atoms with E-state index < -0.39 is 0 Å². The molecule has 0 heterocycles. The average molecular weight is 437 g/mol. The maximum Gasteiger partial charge on any atom is 0.218 e. The lowest BCUT2D eigenvalue weighted by molar-refractivity contribution is -0.118. The van der Waals surface area contributed by atoms with Gasteiger partial charge in [0.05, 0.1) is 0 Å². The number of halogens is 2. The van der Waals surface area contributed by atoms with E-state index in [2.05, 4.69) is 24.4 Å². The van der Waals surface area contributed by atoms with E-state index >= 15 is 4.39 Å². The molecule has 0 bridgehead atoms. The Labute approximate surface area is 187 Å². The van der Waals surface area contributed by atoms with E-state index in [4.69, 9.17) is 17.3 Å². The summed E-state index contributed by atoms with van der Waals surface area (Å²) >= 11 is 6.38. The largest absolute Gasteiger partial charge is 0.370 e. The summed E-state index contributed by atoms with van der Waals surface area (Å²) in [4.78, 5) is 11.2. The molecule has 2 unspecified atom stereocenters. The van der Waals surface area contributed by atoms with E-state index in [9.17, 15) is 4.79 Å². The Hall–Kier alpha value is -1.65. The van der Waals surface area contributed by atoms with E-state index in [-0.39, 0.29) is 36.1 Å². The van der Waals surface area contributed by atoms with Gasteiger partial charge in [0.2, 0.25) is 5.91 Å². The molecule has 0 radical (unpaired) electrons. The number of rotatable bonds is 10. The summed E-state index contributed by atoms with van der Waals surface area (Å²) in [6, 6.07) is 3.29. The highest BCUT2D eigenvalue weighted by Crippen LogP contribution is 2.32. The van der Waals surface area contributed by atoms with Crippen LogP contribution in [0.5, 0.6) is 0 Å². The van der Waals surface area contributed by atoms with Crippen molar-refractivity contribution in [3.05, 3.63) is 58.4 Å². The van der Waals surface area contributed by atoms with Crippen LogP contribution in [0.2, 0.25) is 5.02 Å². The molecule has 1 aliphatic carbocycles. The molecule has 0 aliphatic heterocycles. The van der Waals surface area contributed by atoms with E-state index in [1.807, 2.05) is 32.9 Å². The van der Waals surface area contributed by atoms with Crippen LogP contribution in [-0.2, 0) is 11.2 Å². The summed E-state index contributed by atoms with van der Waals surface area (Å²) in [5.41, 5.74) is 6.53. The fourth-order valence-corrected chi connectivity index (χ4v) is 3.97. The predicted octanol–water partition coefficient (Wildman–Crippen LogP) is 6.66. The van der Waals surface area contributed by atoms with Crippen LogP contribution in [0.3, 0.4) is 0 Å². The van der Waals surface area contributed by atoms with E-state index in [0.717, 1.165) is 32.1 Å². The van der Waals surface area contributed by atoms with Gasteiger partial charge in [-0.15, -0.1) is 0 Å². The number of unbranched alkanes of at least 4 members (excludes halogenated alkanes) is 1. The molecule has 168 valence electrons. The Balaban J connectivity index is 0.00000218. The molecule has 3 atom stereocenters. The van der Waals surface area contributed by atoms with Crippen molar-refractivity contribution >= 4 is 17.5 Å². The molecule has 2 rings (SSSR count). The predicted molar refractivity (Wildman–Crippen MR) is 126 cm³/mol. The Kier molecular flexibility index (Phi) is 12.6. The topological polar surface area (TPSA) is 55.1 Å². The molecular weight excluding hydrogens is 399 g/mol. The lowest BCUT2D eigenvalue weighted by atomic mass is 9.91. The second kappa shape index (κ2) is 14.4. The molecule has 3 nitrogen and oxygen atoms in total. The number of benzene rings is 1. The van der Waals surface area contributed by atoms with Crippen LogP contribution in [0.4, 0.5) is 4.39 Å². The molecule has 0 spiro atoms. The Morgan fingerprint density at radius 2 is 2.07 bits per heavy atom. The quantitative estimate of drug-likeness (QED) is 0.431. The molecule has 30 heavy (non-hydrogen) atoms. The smallest absolute Gasteiger partial charge is 0.218 e. The summed E-state index contributed by atoms with van der Waals surface area (Å²) in [5.74, 6) is -0.314. The minimum Gasteiger partial charge on any atom is -0.370 e. The second-order valence-electron chi connectivity index (χ2n) is 7.72. The third-order valence-corrected chi connectivity index (χ3v) is 5.59. The van der Waals surface area contributed by atoms with Gasteiger partial charge in [0.1, 0.15) is 5.82 Å². The van der Waals surface area contributed by atoms with E-state index in [0.29, 0.717) is 22.6 Å². The third-order valence-electron chi connectivity index (χ3n) is 5.23. The second-order valence-corrected chi connectivity index (χ2v) is 8.12. The fraction of sp³-hybridized carbons (Fsp3) is 0.560. The summed E-state index contributed by atoms with van der Waals surface area (Å²) in [6.45, 7) is 8.02. The maximum absolute atomic E-state index is 15.5. The number of hydrogen-bond acceptors (Lipinski definition) is 2. The molecule has 1 aliphatic rings. The van der Waals surface area contributed by atoms with Gasteiger partial charge in [-0.25, -0.2) is 4.39 Å². The molecule has 0 saturated heterocycles. The Bertz CT molecular complexity index is 717. The third kappa shape index (κ3) is 8.61. The highest BCUT2D eigenvalue weighted by atomic mass is 35.5. The highest BCUT2D eigenvalue weighted by molar-refractivity contribution is 6.31. The van der Waals surface area contributed by atoms with Crippen molar-refractivity contribution < 1.29 is 9.18 Å². The minimum atomic E-state index is -0.361. The zero-order valence-electron chi connectivity index (χ0n) is 18.9. The average Bonchev–Trinajstić information content (AvgIpc) is 2.98. The van der Waals surface area contributed by atoms with Crippen molar-refractivity contribution in [2.45, 2.75) is 84.7 Å². The van der Waals surface area contributed by atoms with Crippen LogP contribution in [0, 0.1) is 11.7 Å². The number of primary amides is 1. The summed E-state index contributed by atoms with van der Waals surface area (Å²) in [5, 5.41) is 3.87. The van der Waals surface area contributed by atoms with Gasteiger partial charge in [0.25, 0.3) is 0 Å². The molecule has 1 aromatic rings. The molecule has 0 saturated carbocycles. The van der Waals surface area contributed by atoms with Gasteiger partial charge in [-0.1, -0.05) is 75.6 Å². The summed E-state index contributed by atoms with van der Waals surface area (Å²) in [7, 11) is 0. The number of nitrogens with one attached hydrogen (secondary N) is 1. The van der Waals surface area contributed by atoms with Gasteiger partial charge >= 0.3 is 0 Å². The van der Waals surface area contributed by atoms with Crippen LogP contribution in [-0.4, -0.2) is 11.9 Å². The van der Waals surface area contributed by atoms with Crippen molar-refractivity contribution in [3.63, 3.8) is 0 Å². The van der Waals surface area contributed by atoms with Crippen molar-refractivity contribution in [1.29, 1.82) is 0 Å². The van der Waals surface area contributed by atoms with E-state index in [1.165, 1.54) is 0 Å². The van der Waals surface area contributed by atoms with Crippen molar-refractivity contribution in [2.75, 3.05) is 0 Å². The highest BCUT2D eigenvalue weighted by Gasteiger charge is 2.23. The number of hydrogen-bond donors (Lipinski definition) is 2. The van der Waals surface area contributed by atoms with Gasteiger partial charge in [0.15, 0.2) is 0 Å². The van der Waals surface area contributed by atoms with Crippen molar-refractivity contribution in [1.82, 2.24) is 5.32 Å². The number of allylic oxidation sites excluding steroid dienone is 4. The zero-order valence-corrected chi connectivity index (χ0v) is 19.6. The molecule has 1 aromatic carbocycles. The van der Waals surface area contributed by atoms with Crippen LogP contribution >= 0.6 is 11.6 Å².